The van der Waals surface area contributed by atoms with Crippen molar-refractivity contribution in [2.45, 2.75) is 6.04 Å². The molecule has 1 atom stereocenters. The van der Waals surface area contributed by atoms with Crippen LogP contribution in [-0.4, -0.2) is 5.91 Å². The molecule has 1 unspecified atom stereocenters. The molecule has 0 aliphatic carbocycles. The Balaban J connectivity index is 1.76. The van der Waals surface area contributed by atoms with Crippen LogP contribution in [0, 0.1) is 3.77 Å². The maximum atomic E-state index is 12.3. The monoisotopic (exact) mass is 435 g/mol. The van der Waals surface area contributed by atoms with Gasteiger partial charge in [-0.3, -0.25) is 4.79 Å². The predicted octanol–water partition coefficient (Wildman–Crippen LogP) is 4.86. The van der Waals surface area contributed by atoms with Crippen LogP contribution in [0.4, 0.5) is 0 Å². The van der Waals surface area contributed by atoms with Crippen LogP contribution in [0.25, 0.3) is 6.08 Å². The molecular weight excluding hydrogens is 421 g/mol. The zero-order valence-electron chi connectivity index (χ0n) is 12.1. The first-order chi connectivity index (χ1) is 11.2. The number of hydrogen-bond donors (Lipinski definition) is 1. The Morgan fingerprint density at radius 2 is 1.96 bits per heavy atom. The number of halogens is 1. The van der Waals surface area contributed by atoms with E-state index in [0.717, 1.165) is 14.2 Å². The fraction of sp³-hybridized carbons (Fsp3) is 0.0556. The molecule has 0 radical (unpaired) electrons. The van der Waals surface area contributed by atoms with E-state index in [0.29, 0.717) is 5.76 Å². The molecule has 5 heteroatoms. The third-order valence-corrected chi connectivity index (χ3v) is 4.76. The minimum Gasteiger partial charge on any atom is -0.451 e. The second-order valence-electron chi connectivity index (χ2n) is 4.84. The van der Waals surface area contributed by atoms with Gasteiger partial charge >= 0.3 is 0 Å². The van der Waals surface area contributed by atoms with Crippen molar-refractivity contribution in [3.8, 4) is 0 Å². The number of carbonyl (C=O) groups is 1. The summed E-state index contributed by atoms with van der Waals surface area (Å²) in [5.74, 6) is 0.510. The number of rotatable bonds is 5. The number of carbonyl (C=O) groups excluding carboxylic acids is 1. The molecule has 2 aromatic heterocycles. The highest BCUT2D eigenvalue weighted by Gasteiger charge is 2.16. The van der Waals surface area contributed by atoms with Crippen molar-refractivity contribution in [1.29, 1.82) is 0 Å². The Morgan fingerprint density at radius 1 is 1.13 bits per heavy atom. The van der Waals surface area contributed by atoms with Gasteiger partial charge < -0.3 is 9.73 Å². The number of benzene rings is 1. The first kappa shape index (κ1) is 16.0. The fourth-order valence-electron chi connectivity index (χ4n) is 2.19. The molecule has 3 rings (SSSR count). The Kier molecular flexibility index (Phi) is 5.30. The van der Waals surface area contributed by atoms with Gasteiger partial charge in [0.2, 0.25) is 5.91 Å². The highest BCUT2D eigenvalue weighted by Crippen LogP contribution is 2.25. The minimum atomic E-state index is -0.154. The van der Waals surface area contributed by atoms with Crippen molar-refractivity contribution in [2.24, 2.45) is 0 Å². The molecule has 116 valence electrons. The average Bonchev–Trinajstić information content (AvgIpc) is 3.23. The third-order valence-electron chi connectivity index (χ3n) is 3.24. The zero-order chi connectivity index (χ0) is 16.1. The van der Waals surface area contributed by atoms with E-state index in [4.69, 9.17) is 4.42 Å². The molecule has 3 nitrogen and oxygen atoms in total. The van der Waals surface area contributed by atoms with Crippen molar-refractivity contribution in [1.82, 2.24) is 5.32 Å². The van der Waals surface area contributed by atoms with Crippen LogP contribution in [0.1, 0.15) is 22.2 Å². The normalized spacial score (nSPS) is 12.4. The lowest BCUT2D eigenvalue weighted by Crippen LogP contribution is -2.27. The smallest absolute Gasteiger partial charge is 0.244 e. The summed E-state index contributed by atoms with van der Waals surface area (Å²) in [7, 11) is 0. The van der Waals surface area contributed by atoms with Crippen LogP contribution in [0.15, 0.2) is 70.5 Å². The molecule has 23 heavy (non-hydrogen) atoms. The molecule has 1 N–H and O–H groups in total. The average molecular weight is 435 g/mol. The molecule has 0 aliphatic heterocycles. The second kappa shape index (κ2) is 7.61. The summed E-state index contributed by atoms with van der Waals surface area (Å²) < 4.78 is 6.21. The number of nitrogens with one attached hydrogen (secondary N) is 1. The number of amides is 1. The largest absolute Gasteiger partial charge is 0.451 e. The topological polar surface area (TPSA) is 42.2 Å². The first-order valence-electron chi connectivity index (χ1n) is 7.04. The lowest BCUT2D eigenvalue weighted by molar-refractivity contribution is -0.116. The standard InChI is InChI=1S/C18H14INO2S/c19-16-10-8-14(22-16)9-11-17(21)20-18(15-7-4-12-23-15)13-5-2-1-3-6-13/h1-12,18H,(H,20,21)/b11-9+. The number of hydrogen-bond acceptors (Lipinski definition) is 3. The Labute approximate surface area is 152 Å². The van der Waals surface area contributed by atoms with E-state index in [2.05, 4.69) is 27.9 Å². The Morgan fingerprint density at radius 3 is 2.61 bits per heavy atom. The second-order valence-corrected chi connectivity index (χ2v) is 6.89. The summed E-state index contributed by atoms with van der Waals surface area (Å²) in [5, 5.41) is 5.07. The van der Waals surface area contributed by atoms with Gasteiger partial charge in [0, 0.05) is 11.0 Å². The number of thiophene rings is 1. The maximum absolute atomic E-state index is 12.3. The van der Waals surface area contributed by atoms with Gasteiger partial charge in [-0.2, -0.15) is 0 Å². The van der Waals surface area contributed by atoms with Crippen molar-refractivity contribution in [3.63, 3.8) is 0 Å². The zero-order valence-corrected chi connectivity index (χ0v) is 15.1. The van der Waals surface area contributed by atoms with E-state index in [1.807, 2.05) is 60.0 Å². The van der Waals surface area contributed by atoms with E-state index < -0.39 is 0 Å². The fourth-order valence-corrected chi connectivity index (χ4v) is 3.42. The minimum absolute atomic E-state index is 0.148. The lowest BCUT2D eigenvalue weighted by Gasteiger charge is -2.17. The summed E-state index contributed by atoms with van der Waals surface area (Å²) in [5.41, 5.74) is 1.06. The van der Waals surface area contributed by atoms with Crippen LogP contribution in [0.3, 0.4) is 0 Å². The molecule has 1 aromatic carbocycles. The van der Waals surface area contributed by atoms with E-state index >= 15 is 0 Å². The molecule has 0 bridgehead atoms. The van der Waals surface area contributed by atoms with E-state index in [9.17, 15) is 4.79 Å². The highest BCUT2D eigenvalue weighted by molar-refractivity contribution is 14.1. The highest BCUT2D eigenvalue weighted by atomic mass is 127. The molecule has 0 spiro atoms. The third kappa shape index (κ3) is 4.33. The van der Waals surface area contributed by atoms with Gasteiger partial charge in [-0.15, -0.1) is 11.3 Å². The first-order valence-corrected chi connectivity index (χ1v) is 9.00. The number of furan rings is 1. The summed E-state index contributed by atoms with van der Waals surface area (Å²) in [4.78, 5) is 13.4. The maximum Gasteiger partial charge on any atom is 0.244 e. The van der Waals surface area contributed by atoms with Crippen LogP contribution in [0.2, 0.25) is 0 Å². The van der Waals surface area contributed by atoms with Gasteiger partial charge in [0.05, 0.1) is 6.04 Å². The van der Waals surface area contributed by atoms with Gasteiger partial charge in [0.15, 0.2) is 3.77 Å². The molecule has 1 amide bonds. The predicted molar refractivity (Wildman–Crippen MR) is 101 cm³/mol. The van der Waals surface area contributed by atoms with Gasteiger partial charge in [0.1, 0.15) is 5.76 Å². The lowest BCUT2D eigenvalue weighted by atomic mass is 10.1. The molecule has 0 saturated carbocycles. The summed E-state index contributed by atoms with van der Waals surface area (Å²) in [6, 6.07) is 17.5. The SMILES string of the molecule is O=C(/C=C/c1ccc(I)o1)NC(c1ccccc1)c1cccs1. The molecule has 3 aromatic rings. The molecular formula is C18H14INO2S. The summed E-state index contributed by atoms with van der Waals surface area (Å²) in [6.45, 7) is 0. The van der Waals surface area contributed by atoms with Gasteiger partial charge in [0.25, 0.3) is 0 Å². The van der Waals surface area contributed by atoms with Crippen molar-refractivity contribution in [2.75, 3.05) is 0 Å². The van der Waals surface area contributed by atoms with Gasteiger partial charge in [-0.25, -0.2) is 0 Å². The van der Waals surface area contributed by atoms with Crippen LogP contribution in [-0.2, 0) is 4.79 Å². The Hall–Kier alpha value is -1.86. The van der Waals surface area contributed by atoms with Gasteiger partial charge in [-0.05, 0) is 57.8 Å². The van der Waals surface area contributed by atoms with Crippen LogP contribution >= 0.6 is 33.9 Å². The quantitative estimate of drug-likeness (QED) is 0.459. The van der Waals surface area contributed by atoms with E-state index in [-0.39, 0.29) is 11.9 Å². The van der Waals surface area contributed by atoms with Crippen molar-refractivity contribution in [3.05, 3.63) is 86.0 Å². The molecule has 0 fully saturated rings. The summed E-state index contributed by atoms with van der Waals surface area (Å²) in [6.07, 6.45) is 3.17. The summed E-state index contributed by atoms with van der Waals surface area (Å²) >= 11 is 3.72. The molecule has 0 aliphatic rings. The Bertz CT molecular complexity index is 794. The van der Waals surface area contributed by atoms with Crippen LogP contribution < -0.4 is 5.32 Å². The van der Waals surface area contributed by atoms with Crippen molar-refractivity contribution >= 4 is 45.9 Å². The molecule has 2 heterocycles. The van der Waals surface area contributed by atoms with Gasteiger partial charge in [-0.1, -0.05) is 36.4 Å². The van der Waals surface area contributed by atoms with Crippen LogP contribution in [0.5, 0.6) is 0 Å². The van der Waals surface area contributed by atoms with Crippen molar-refractivity contribution < 1.29 is 9.21 Å². The molecule has 0 saturated heterocycles. The van der Waals surface area contributed by atoms with E-state index in [1.165, 1.54) is 6.08 Å². The van der Waals surface area contributed by atoms with E-state index in [1.54, 1.807) is 17.4 Å².